The predicted octanol–water partition coefficient (Wildman–Crippen LogP) is 2.83. The van der Waals surface area contributed by atoms with Crippen molar-refractivity contribution >= 4 is 43.3 Å². The second kappa shape index (κ2) is 12.6. The molecule has 32 heavy (non-hydrogen) atoms. The molecule has 0 unspecified atom stereocenters. The number of nitrogens with two attached hydrogens (primary N) is 1. The van der Waals surface area contributed by atoms with Crippen LogP contribution in [0, 0.1) is 0 Å². The fourth-order valence-electron chi connectivity index (χ4n) is 2.73. The first-order valence-corrected chi connectivity index (χ1v) is 12.1. The molecule has 11 heteroatoms. The Kier molecular flexibility index (Phi) is 10.2. The quantitative estimate of drug-likeness (QED) is 0.238. The summed E-state index contributed by atoms with van der Waals surface area (Å²) in [6, 6.07) is 11.3. The number of ether oxygens (including phenoxy) is 4. The van der Waals surface area contributed by atoms with Crippen molar-refractivity contribution in [3.63, 3.8) is 0 Å². The van der Waals surface area contributed by atoms with Gasteiger partial charge in [0.2, 0.25) is 0 Å². The minimum Gasteiger partial charge on any atom is -0.495 e. The summed E-state index contributed by atoms with van der Waals surface area (Å²) in [6.45, 7) is 2.35. The van der Waals surface area contributed by atoms with Crippen LogP contribution in [0.25, 0.3) is 0 Å². The van der Waals surface area contributed by atoms with E-state index in [0.717, 1.165) is 4.47 Å². The van der Waals surface area contributed by atoms with E-state index in [1.54, 1.807) is 37.3 Å². The molecule has 0 aromatic heterocycles. The smallest absolute Gasteiger partial charge is 0.332 e. The van der Waals surface area contributed by atoms with Gasteiger partial charge in [-0.05, 0) is 49.4 Å². The highest BCUT2D eigenvalue weighted by Gasteiger charge is 2.28. The third-order valence-corrected chi connectivity index (χ3v) is 6.58. The molecule has 0 fully saturated rings. The van der Waals surface area contributed by atoms with Crippen LogP contribution in [0.2, 0.25) is 0 Å². The number of nitrogen functional groups attached to an aromatic ring is 1. The lowest BCUT2D eigenvalue weighted by atomic mass is 10.3. The molecule has 176 valence electrons. The van der Waals surface area contributed by atoms with Crippen LogP contribution in [0.4, 0.5) is 11.4 Å². The summed E-state index contributed by atoms with van der Waals surface area (Å²) in [5.41, 5.74) is 6.59. The van der Waals surface area contributed by atoms with Crippen LogP contribution < -0.4 is 14.8 Å². The zero-order valence-corrected chi connectivity index (χ0v) is 20.4. The number of methoxy groups -OCH3 is 1. The molecule has 0 aliphatic heterocycles. The van der Waals surface area contributed by atoms with Crippen molar-refractivity contribution in [1.29, 1.82) is 0 Å². The van der Waals surface area contributed by atoms with Gasteiger partial charge in [0.05, 0.1) is 45.8 Å². The number of rotatable bonds is 13. The summed E-state index contributed by atoms with van der Waals surface area (Å²) in [5.74, 6) is -0.259. The molecule has 0 saturated carbocycles. The summed E-state index contributed by atoms with van der Waals surface area (Å²) >= 11 is 3.35. The van der Waals surface area contributed by atoms with Gasteiger partial charge < -0.3 is 24.7 Å². The van der Waals surface area contributed by atoms with Crippen molar-refractivity contribution in [3.8, 4) is 5.75 Å². The number of halogens is 1. The molecule has 0 aliphatic carbocycles. The van der Waals surface area contributed by atoms with Gasteiger partial charge in [0.1, 0.15) is 17.3 Å². The van der Waals surface area contributed by atoms with Gasteiger partial charge in [-0.15, -0.1) is 0 Å². The maximum absolute atomic E-state index is 13.5. The first-order valence-electron chi connectivity index (χ1n) is 9.82. The Morgan fingerprint density at radius 1 is 1.06 bits per heavy atom. The SMILES string of the molecule is CCOC(=O)COCCOCCN(c1ccc(Br)cc1)S(=O)(=O)c1cc(N)ccc1OC. The van der Waals surface area contributed by atoms with E-state index in [-0.39, 0.29) is 50.2 Å². The average molecular weight is 531 g/mol. The van der Waals surface area contributed by atoms with Crippen LogP contribution in [0.15, 0.2) is 51.8 Å². The summed E-state index contributed by atoms with van der Waals surface area (Å²) in [7, 11) is -2.61. The van der Waals surface area contributed by atoms with Crippen molar-refractivity contribution < 1.29 is 32.2 Å². The predicted molar refractivity (Wildman–Crippen MR) is 124 cm³/mol. The second-order valence-corrected chi connectivity index (χ2v) is 9.18. The molecule has 9 nitrogen and oxygen atoms in total. The number of anilines is 2. The monoisotopic (exact) mass is 530 g/mol. The van der Waals surface area contributed by atoms with Crippen LogP contribution >= 0.6 is 15.9 Å². The summed E-state index contributed by atoms with van der Waals surface area (Å²) in [6.07, 6.45) is 0. The zero-order chi connectivity index (χ0) is 23.6. The van der Waals surface area contributed by atoms with Gasteiger partial charge in [-0.2, -0.15) is 0 Å². The van der Waals surface area contributed by atoms with E-state index in [2.05, 4.69) is 15.9 Å². The van der Waals surface area contributed by atoms with Crippen molar-refractivity contribution in [2.75, 3.05) is 56.7 Å². The van der Waals surface area contributed by atoms with Gasteiger partial charge in [-0.3, -0.25) is 4.31 Å². The fraction of sp³-hybridized carbons (Fsp3) is 0.381. The molecule has 0 heterocycles. The number of sulfonamides is 1. The largest absolute Gasteiger partial charge is 0.495 e. The molecule has 2 aromatic rings. The Morgan fingerprint density at radius 3 is 2.41 bits per heavy atom. The molecular formula is C21H27BrN2O7S. The van der Waals surface area contributed by atoms with Gasteiger partial charge in [-0.1, -0.05) is 15.9 Å². The molecular weight excluding hydrogens is 504 g/mol. The van der Waals surface area contributed by atoms with Crippen molar-refractivity contribution in [2.45, 2.75) is 11.8 Å². The molecule has 2 rings (SSSR count). The third kappa shape index (κ3) is 7.37. The van der Waals surface area contributed by atoms with Gasteiger partial charge >= 0.3 is 5.97 Å². The third-order valence-electron chi connectivity index (χ3n) is 4.21. The number of carbonyl (C=O) groups is 1. The molecule has 0 saturated heterocycles. The lowest BCUT2D eigenvalue weighted by Crippen LogP contribution is -2.34. The highest BCUT2D eigenvalue weighted by molar-refractivity contribution is 9.10. The molecule has 0 spiro atoms. The molecule has 0 radical (unpaired) electrons. The minimum atomic E-state index is -4.01. The van der Waals surface area contributed by atoms with E-state index in [1.165, 1.54) is 23.5 Å². The standard InChI is InChI=1S/C21H27BrN2O7S/c1-3-31-21(25)15-30-13-12-29-11-10-24(18-7-4-16(22)5-8-18)32(26,27)20-14-17(23)6-9-19(20)28-2/h4-9,14H,3,10-13,15,23H2,1-2H3. The van der Waals surface area contributed by atoms with Gasteiger partial charge in [0.25, 0.3) is 10.0 Å². The molecule has 0 bridgehead atoms. The molecule has 0 aliphatic rings. The molecule has 2 N–H and O–H groups in total. The van der Waals surface area contributed by atoms with E-state index in [9.17, 15) is 13.2 Å². The Bertz CT molecular complexity index is 984. The van der Waals surface area contributed by atoms with Crippen LogP contribution in [-0.4, -0.2) is 61.1 Å². The topological polar surface area (TPSA) is 117 Å². The number of hydrogen-bond acceptors (Lipinski definition) is 8. The van der Waals surface area contributed by atoms with Crippen LogP contribution in [0.3, 0.4) is 0 Å². The Balaban J connectivity index is 2.10. The molecule has 2 aromatic carbocycles. The minimum absolute atomic E-state index is 0.0410. The van der Waals surface area contributed by atoms with Gasteiger partial charge in [0.15, 0.2) is 0 Å². The number of benzene rings is 2. The highest BCUT2D eigenvalue weighted by Crippen LogP contribution is 2.32. The fourth-order valence-corrected chi connectivity index (χ4v) is 4.64. The van der Waals surface area contributed by atoms with E-state index in [4.69, 9.17) is 24.7 Å². The lowest BCUT2D eigenvalue weighted by Gasteiger charge is -2.25. The summed E-state index contributed by atoms with van der Waals surface area (Å²) in [5, 5.41) is 0. The summed E-state index contributed by atoms with van der Waals surface area (Å²) in [4.78, 5) is 11.2. The highest BCUT2D eigenvalue weighted by atomic mass is 79.9. The van der Waals surface area contributed by atoms with Crippen molar-refractivity contribution in [2.24, 2.45) is 0 Å². The van der Waals surface area contributed by atoms with Crippen LogP contribution in [-0.2, 0) is 29.0 Å². The molecule has 0 amide bonds. The summed E-state index contributed by atoms with van der Waals surface area (Å²) < 4.78 is 49.7. The zero-order valence-electron chi connectivity index (χ0n) is 18.0. The number of esters is 1. The van der Waals surface area contributed by atoms with E-state index in [0.29, 0.717) is 11.4 Å². The van der Waals surface area contributed by atoms with Crippen LogP contribution in [0.5, 0.6) is 5.75 Å². The lowest BCUT2D eigenvalue weighted by molar-refractivity contribution is -0.148. The number of hydrogen-bond donors (Lipinski definition) is 1. The van der Waals surface area contributed by atoms with Gasteiger partial charge in [0, 0.05) is 10.2 Å². The first-order chi connectivity index (χ1) is 15.3. The first kappa shape index (κ1) is 25.9. The molecule has 0 atom stereocenters. The Hall–Kier alpha value is -2.34. The van der Waals surface area contributed by atoms with E-state index >= 15 is 0 Å². The second-order valence-electron chi connectivity index (χ2n) is 6.43. The van der Waals surface area contributed by atoms with Crippen LogP contribution in [0.1, 0.15) is 6.92 Å². The number of nitrogens with zero attached hydrogens (tertiary/aromatic N) is 1. The van der Waals surface area contributed by atoms with E-state index in [1.807, 2.05) is 0 Å². The van der Waals surface area contributed by atoms with E-state index < -0.39 is 16.0 Å². The average Bonchev–Trinajstić information content (AvgIpc) is 2.76. The number of carbonyl (C=O) groups excluding carboxylic acids is 1. The Morgan fingerprint density at radius 2 is 1.75 bits per heavy atom. The normalized spacial score (nSPS) is 11.2. The maximum atomic E-state index is 13.5. The van der Waals surface area contributed by atoms with Crippen molar-refractivity contribution in [1.82, 2.24) is 0 Å². The Labute approximate surface area is 196 Å². The van der Waals surface area contributed by atoms with Gasteiger partial charge in [-0.25, -0.2) is 13.2 Å². The maximum Gasteiger partial charge on any atom is 0.332 e. The van der Waals surface area contributed by atoms with Crippen molar-refractivity contribution in [3.05, 3.63) is 46.9 Å².